The first-order chi connectivity index (χ1) is 17.5. The molecule has 0 saturated carbocycles. The lowest BCUT2D eigenvalue weighted by molar-refractivity contribution is 0.0909. The fraction of sp³-hybridized carbons (Fsp3) is 0.276. The summed E-state index contributed by atoms with van der Waals surface area (Å²) in [6.07, 6.45) is 1.85. The number of nitrogens with one attached hydrogen (secondary N) is 1. The molecule has 1 amide bonds. The Bertz CT molecular complexity index is 1480. The van der Waals surface area contributed by atoms with Gasteiger partial charge >= 0.3 is 11.1 Å². The van der Waals surface area contributed by atoms with Crippen LogP contribution in [0.4, 0.5) is 0 Å². The number of benzene rings is 3. The number of fused-ring (bicyclic) bond motifs is 1. The van der Waals surface area contributed by atoms with Gasteiger partial charge in [0.15, 0.2) is 0 Å². The number of amides is 1. The summed E-state index contributed by atoms with van der Waals surface area (Å²) in [5.41, 5.74) is 3.04. The highest BCUT2D eigenvalue weighted by atomic mass is 16.2. The molecule has 1 saturated heterocycles. The molecular formula is C29H30N4O3. The summed E-state index contributed by atoms with van der Waals surface area (Å²) in [7, 11) is 1.61. The summed E-state index contributed by atoms with van der Waals surface area (Å²) in [4.78, 5) is 40.4. The molecule has 7 heteroatoms. The van der Waals surface area contributed by atoms with Crippen LogP contribution in [0, 0.1) is 0 Å². The summed E-state index contributed by atoms with van der Waals surface area (Å²) >= 11 is 0. The minimum Gasteiger partial charge on any atom is -0.349 e. The van der Waals surface area contributed by atoms with Crippen molar-refractivity contribution in [2.24, 2.45) is 7.05 Å². The minimum atomic E-state index is -0.559. The monoisotopic (exact) mass is 482 g/mol. The van der Waals surface area contributed by atoms with Gasteiger partial charge in [0.05, 0.1) is 17.6 Å². The predicted octanol–water partition coefficient (Wildman–Crippen LogP) is 3.14. The zero-order valence-electron chi connectivity index (χ0n) is 20.4. The molecule has 1 N–H and O–H groups in total. The second kappa shape index (κ2) is 10.3. The summed E-state index contributed by atoms with van der Waals surface area (Å²) < 4.78 is 2.88. The van der Waals surface area contributed by atoms with Crippen LogP contribution < -0.4 is 16.4 Å². The van der Waals surface area contributed by atoms with Gasteiger partial charge in [0, 0.05) is 38.3 Å². The molecule has 1 aliphatic rings. The van der Waals surface area contributed by atoms with Crippen molar-refractivity contribution in [3.05, 3.63) is 116 Å². The fourth-order valence-corrected chi connectivity index (χ4v) is 4.90. The SMILES string of the molecule is Cn1c(=O)c(=O)n(Cc2ccc(C(=O)NC3CCN(Cc4ccccc4)CC3)cc2)c2ccccc21. The number of nitrogens with zero attached hydrogens (tertiary/aromatic N) is 3. The van der Waals surface area contributed by atoms with Crippen molar-refractivity contribution >= 4 is 16.9 Å². The van der Waals surface area contributed by atoms with Crippen LogP contribution in [0.25, 0.3) is 11.0 Å². The van der Waals surface area contributed by atoms with Crippen LogP contribution in [0.15, 0.2) is 88.5 Å². The summed E-state index contributed by atoms with van der Waals surface area (Å²) in [5.74, 6) is -0.0840. The van der Waals surface area contributed by atoms with Crippen LogP contribution in [0.3, 0.4) is 0 Å². The Morgan fingerprint density at radius 2 is 1.39 bits per heavy atom. The molecule has 0 atom stereocenters. The fourth-order valence-electron chi connectivity index (χ4n) is 4.90. The number of aromatic nitrogens is 2. The molecule has 184 valence electrons. The van der Waals surface area contributed by atoms with E-state index in [-0.39, 0.29) is 18.5 Å². The minimum absolute atomic E-state index is 0.0840. The Morgan fingerprint density at radius 1 is 0.778 bits per heavy atom. The van der Waals surface area contributed by atoms with Crippen molar-refractivity contribution in [2.75, 3.05) is 13.1 Å². The van der Waals surface area contributed by atoms with Crippen molar-refractivity contribution in [1.82, 2.24) is 19.4 Å². The van der Waals surface area contributed by atoms with Gasteiger partial charge in [-0.05, 0) is 48.2 Å². The molecule has 0 radical (unpaired) electrons. The Morgan fingerprint density at radius 3 is 2.08 bits per heavy atom. The lowest BCUT2D eigenvalue weighted by atomic mass is 10.0. The zero-order valence-corrected chi connectivity index (χ0v) is 20.4. The highest BCUT2D eigenvalue weighted by Gasteiger charge is 2.21. The third-order valence-corrected chi connectivity index (χ3v) is 7.00. The first kappa shape index (κ1) is 23.8. The maximum atomic E-state index is 12.8. The van der Waals surface area contributed by atoms with Gasteiger partial charge in [0.2, 0.25) is 0 Å². The van der Waals surface area contributed by atoms with Crippen LogP contribution in [-0.4, -0.2) is 39.1 Å². The van der Waals surface area contributed by atoms with E-state index in [1.54, 1.807) is 19.2 Å². The van der Waals surface area contributed by atoms with E-state index in [4.69, 9.17) is 0 Å². The van der Waals surface area contributed by atoms with Gasteiger partial charge in [-0.25, -0.2) is 0 Å². The molecule has 36 heavy (non-hydrogen) atoms. The average molecular weight is 483 g/mol. The predicted molar refractivity (Wildman–Crippen MR) is 141 cm³/mol. The molecule has 0 bridgehead atoms. The van der Waals surface area contributed by atoms with Gasteiger partial charge in [-0.3, -0.25) is 23.9 Å². The van der Waals surface area contributed by atoms with Crippen LogP contribution in [0.5, 0.6) is 0 Å². The summed E-state index contributed by atoms with van der Waals surface area (Å²) in [6, 6.07) is 25.2. The molecule has 0 unspecified atom stereocenters. The molecule has 7 nitrogen and oxygen atoms in total. The number of carbonyl (C=O) groups excluding carboxylic acids is 1. The first-order valence-corrected chi connectivity index (χ1v) is 12.3. The van der Waals surface area contributed by atoms with Crippen molar-refractivity contribution in [1.29, 1.82) is 0 Å². The smallest absolute Gasteiger partial charge is 0.317 e. The van der Waals surface area contributed by atoms with E-state index in [0.717, 1.165) is 38.0 Å². The summed E-state index contributed by atoms with van der Waals surface area (Å²) in [5, 5.41) is 3.17. The molecular weight excluding hydrogens is 452 g/mol. The number of para-hydroxylation sites is 2. The normalized spacial score (nSPS) is 14.7. The molecule has 0 aliphatic carbocycles. The van der Waals surface area contributed by atoms with Crippen molar-refractivity contribution < 1.29 is 4.79 Å². The Hall–Kier alpha value is -3.97. The molecule has 5 rings (SSSR count). The van der Waals surface area contributed by atoms with Gasteiger partial charge in [0.25, 0.3) is 5.91 Å². The van der Waals surface area contributed by atoms with Crippen LogP contribution in [-0.2, 0) is 20.1 Å². The van der Waals surface area contributed by atoms with E-state index in [1.165, 1.54) is 14.7 Å². The molecule has 0 spiro atoms. The number of likely N-dealkylation sites (tertiary alicyclic amines) is 1. The lowest BCUT2D eigenvalue weighted by Crippen LogP contribution is -2.44. The highest BCUT2D eigenvalue weighted by Crippen LogP contribution is 2.16. The number of hydrogen-bond acceptors (Lipinski definition) is 4. The topological polar surface area (TPSA) is 76.3 Å². The Balaban J connectivity index is 1.21. The van der Waals surface area contributed by atoms with Crippen molar-refractivity contribution in [3.8, 4) is 0 Å². The second-order valence-corrected chi connectivity index (χ2v) is 9.45. The van der Waals surface area contributed by atoms with E-state index in [1.807, 2.05) is 42.5 Å². The maximum absolute atomic E-state index is 12.8. The molecule has 4 aromatic rings. The van der Waals surface area contributed by atoms with E-state index >= 15 is 0 Å². The average Bonchev–Trinajstić information content (AvgIpc) is 2.92. The van der Waals surface area contributed by atoms with E-state index in [2.05, 4.69) is 34.5 Å². The summed E-state index contributed by atoms with van der Waals surface area (Å²) in [6.45, 7) is 3.11. The molecule has 1 aromatic heterocycles. The molecule has 2 heterocycles. The van der Waals surface area contributed by atoms with Gasteiger partial charge < -0.3 is 9.88 Å². The van der Waals surface area contributed by atoms with E-state index in [9.17, 15) is 14.4 Å². The van der Waals surface area contributed by atoms with Gasteiger partial charge in [0.1, 0.15) is 0 Å². The third-order valence-electron chi connectivity index (χ3n) is 7.00. The van der Waals surface area contributed by atoms with Crippen LogP contribution in [0.2, 0.25) is 0 Å². The van der Waals surface area contributed by atoms with Crippen LogP contribution in [0.1, 0.15) is 34.3 Å². The second-order valence-electron chi connectivity index (χ2n) is 9.45. The van der Waals surface area contributed by atoms with Crippen molar-refractivity contribution in [3.63, 3.8) is 0 Å². The number of rotatable bonds is 6. The van der Waals surface area contributed by atoms with Crippen molar-refractivity contribution in [2.45, 2.75) is 32.0 Å². The van der Waals surface area contributed by atoms with Gasteiger partial charge in [-0.2, -0.15) is 0 Å². The quantitative estimate of drug-likeness (QED) is 0.429. The number of aryl methyl sites for hydroxylation is 1. The first-order valence-electron chi connectivity index (χ1n) is 12.3. The number of carbonyl (C=O) groups is 1. The lowest BCUT2D eigenvalue weighted by Gasteiger charge is -2.32. The molecule has 1 fully saturated rings. The molecule has 1 aliphatic heterocycles. The van der Waals surface area contributed by atoms with Gasteiger partial charge in [-0.15, -0.1) is 0 Å². The Kier molecular flexibility index (Phi) is 6.82. The van der Waals surface area contributed by atoms with Gasteiger partial charge in [-0.1, -0.05) is 54.6 Å². The standard InChI is InChI=1S/C29H30N4O3/c1-31-25-9-5-6-10-26(25)33(29(36)28(31)35)20-22-11-13-23(14-12-22)27(34)30-24-15-17-32(18-16-24)19-21-7-3-2-4-8-21/h2-14,24H,15-20H2,1H3,(H,30,34). The third kappa shape index (κ3) is 5.02. The highest BCUT2D eigenvalue weighted by molar-refractivity contribution is 5.94. The maximum Gasteiger partial charge on any atom is 0.317 e. The largest absolute Gasteiger partial charge is 0.349 e. The van der Waals surface area contributed by atoms with Crippen LogP contribution >= 0.6 is 0 Å². The number of piperidine rings is 1. The van der Waals surface area contributed by atoms with E-state index < -0.39 is 11.1 Å². The van der Waals surface area contributed by atoms with E-state index in [0.29, 0.717) is 16.6 Å². The molecule has 3 aromatic carbocycles. The number of hydrogen-bond donors (Lipinski definition) is 1. The Labute approximate surface area is 209 Å². The zero-order chi connectivity index (χ0) is 25.1.